The molecule has 0 aromatic rings. The summed E-state index contributed by atoms with van der Waals surface area (Å²) in [5.41, 5.74) is 0.182. The van der Waals surface area contributed by atoms with Crippen LogP contribution in [0.25, 0.3) is 0 Å². The lowest BCUT2D eigenvalue weighted by atomic mass is 9.97. The van der Waals surface area contributed by atoms with E-state index in [2.05, 4.69) is 12.2 Å². The van der Waals surface area contributed by atoms with Crippen LogP contribution in [0.1, 0.15) is 26.2 Å². The summed E-state index contributed by atoms with van der Waals surface area (Å²) in [6.07, 6.45) is 3.19. The summed E-state index contributed by atoms with van der Waals surface area (Å²) in [5.74, 6) is 0. The average Bonchev–Trinajstić information content (AvgIpc) is 2.16. The second kappa shape index (κ2) is 2.67. The molecule has 9 heavy (non-hydrogen) atoms. The predicted molar refractivity (Wildman–Crippen MR) is 35.8 cm³/mol. The molecule has 1 atom stereocenters. The minimum absolute atomic E-state index is 0.0590. The van der Waals surface area contributed by atoms with Crippen LogP contribution < -0.4 is 5.32 Å². The molecular weight excluding hydrogens is 114 g/mol. The first-order valence-electron chi connectivity index (χ1n) is 3.60. The fraction of sp³-hybridized carbons (Fsp3) is 1.00. The van der Waals surface area contributed by atoms with Gasteiger partial charge in [-0.25, -0.2) is 5.11 Å². The van der Waals surface area contributed by atoms with Crippen molar-refractivity contribution in [3.63, 3.8) is 0 Å². The molecule has 1 fully saturated rings. The van der Waals surface area contributed by atoms with Crippen LogP contribution in [0.4, 0.5) is 0 Å². The zero-order valence-corrected chi connectivity index (χ0v) is 5.94. The summed E-state index contributed by atoms with van der Waals surface area (Å²) in [7, 11) is 0. The third kappa shape index (κ3) is 1.66. The predicted octanol–water partition coefficient (Wildman–Crippen LogP) is 0.949. The highest BCUT2D eigenvalue weighted by Crippen LogP contribution is 2.21. The molecule has 0 aromatic carbocycles. The molecule has 0 bridgehead atoms. The van der Waals surface area contributed by atoms with Crippen molar-refractivity contribution < 1.29 is 5.11 Å². The molecule has 0 saturated carbocycles. The van der Waals surface area contributed by atoms with Gasteiger partial charge in [-0.15, -0.1) is 0 Å². The van der Waals surface area contributed by atoms with Crippen LogP contribution in [-0.4, -0.2) is 18.7 Å². The van der Waals surface area contributed by atoms with Crippen LogP contribution in [0.5, 0.6) is 0 Å². The van der Waals surface area contributed by atoms with Crippen LogP contribution in [0.2, 0.25) is 0 Å². The minimum Gasteiger partial charge on any atom is -0.311 e. The maximum Gasteiger partial charge on any atom is 0.0839 e. The summed E-state index contributed by atoms with van der Waals surface area (Å²) in [4.78, 5) is 0. The Hall–Kier alpha value is -0.0800. The van der Waals surface area contributed by atoms with Gasteiger partial charge >= 0.3 is 0 Å². The third-order valence-electron chi connectivity index (χ3n) is 2.11. The highest BCUT2D eigenvalue weighted by Gasteiger charge is 2.26. The second-order valence-corrected chi connectivity index (χ2v) is 3.05. The van der Waals surface area contributed by atoms with E-state index in [1.54, 1.807) is 0 Å². The Balaban J connectivity index is 2.32. The fourth-order valence-corrected chi connectivity index (χ4v) is 1.40. The van der Waals surface area contributed by atoms with Crippen molar-refractivity contribution in [2.24, 2.45) is 0 Å². The fourth-order valence-electron chi connectivity index (χ4n) is 1.40. The largest absolute Gasteiger partial charge is 0.311 e. The van der Waals surface area contributed by atoms with Crippen molar-refractivity contribution in [2.45, 2.75) is 31.7 Å². The summed E-state index contributed by atoms with van der Waals surface area (Å²) < 4.78 is 0. The van der Waals surface area contributed by atoms with E-state index < -0.39 is 0 Å². The minimum atomic E-state index is 0.0590. The smallest absolute Gasteiger partial charge is 0.0839 e. The number of hydrogen-bond donors (Lipinski definition) is 1. The van der Waals surface area contributed by atoms with E-state index in [1.165, 1.54) is 12.8 Å². The van der Waals surface area contributed by atoms with Gasteiger partial charge in [0.2, 0.25) is 0 Å². The monoisotopic (exact) mass is 128 g/mol. The molecule has 1 aliphatic rings. The average molecular weight is 128 g/mol. The van der Waals surface area contributed by atoms with Crippen molar-refractivity contribution in [3.8, 4) is 0 Å². The molecule has 0 unspecified atom stereocenters. The molecule has 2 heteroatoms. The summed E-state index contributed by atoms with van der Waals surface area (Å²) in [6, 6.07) is 0. The summed E-state index contributed by atoms with van der Waals surface area (Å²) in [5, 5.41) is 13.6. The van der Waals surface area contributed by atoms with Crippen LogP contribution >= 0.6 is 0 Å². The lowest BCUT2D eigenvalue weighted by Gasteiger charge is -2.21. The van der Waals surface area contributed by atoms with Gasteiger partial charge in [-0.05, 0) is 32.7 Å². The van der Waals surface area contributed by atoms with Crippen LogP contribution in [0.3, 0.4) is 0 Å². The van der Waals surface area contributed by atoms with Gasteiger partial charge in [0.25, 0.3) is 0 Å². The maximum absolute atomic E-state index is 10.3. The summed E-state index contributed by atoms with van der Waals surface area (Å²) >= 11 is 0. The van der Waals surface area contributed by atoms with E-state index in [4.69, 9.17) is 0 Å². The van der Waals surface area contributed by atoms with Crippen LogP contribution in [-0.2, 0) is 5.11 Å². The second-order valence-electron chi connectivity index (χ2n) is 3.05. The molecule has 0 aliphatic carbocycles. The highest BCUT2D eigenvalue weighted by atomic mass is 16.3. The molecule has 0 amide bonds. The Kier molecular flexibility index (Phi) is 2.09. The molecule has 53 valence electrons. The third-order valence-corrected chi connectivity index (χ3v) is 2.11. The lowest BCUT2D eigenvalue weighted by molar-refractivity contribution is 0.159. The lowest BCUT2D eigenvalue weighted by Crippen LogP contribution is -2.36. The van der Waals surface area contributed by atoms with Gasteiger partial charge in [0.05, 0.1) is 6.61 Å². The first-order valence-corrected chi connectivity index (χ1v) is 3.60. The van der Waals surface area contributed by atoms with E-state index in [0.29, 0.717) is 0 Å². The molecule has 2 nitrogen and oxygen atoms in total. The Morgan fingerprint density at radius 1 is 1.67 bits per heavy atom. The van der Waals surface area contributed by atoms with Crippen molar-refractivity contribution in [1.82, 2.24) is 5.32 Å². The van der Waals surface area contributed by atoms with E-state index >= 15 is 0 Å². The topological polar surface area (TPSA) is 31.9 Å². The Labute approximate surface area is 56.3 Å². The zero-order valence-electron chi connectivity index (χ0n) is 5.94. The zero-order chi connectivity index (χ0) is 6.74. The maximum atomic E-state index is 10.3. The van der Waals surface area contributed by atoms with Crippen LogP contribution in [0.15, 0.2) is 0 Å². The van der Waals surface area contributed by atoms with Gasteiger partial charge < -0.3 is 5.32 Å². The van der Waals surface area contributed by atoms with Gasteiger partial charge in [-0.1, -0.05) is 0 Å². The first kappa shape index (κ1) is 7.03. The molecule has 1 heterocycles. The molecular formula is C7H14NO. The van der Waals surface area contributed by atoms with Crippen LogP contribution in [0, 0.1) is 0 Å². The Morgan fingerprint density at radius 3 is 2.89 bits per heavy atom. The van der Waals surface area contributed by atoms with Gasteiger partial charge in [-0.3, -0.25) is 0 Å². The molecule has 0 spiro atoms. The summed E-state index contributed by atoms with van der Waals surface area (Å²) in [6.45, 7) is 3.29. The molecule has 1 rings (SSSR count). The normalized spacial score (nSPS) is 35.3. The molecule has 1 aliphatic heterocycles. The van der Waals surface area contributed by atoms with Crippen molar-refractivity contribution in [2.75, 3.05) is 13.2 Å². The standard InChI is InChI=1S/C7H14NO/c1-7(4-6-9)3-2-5-8-7/h8H,2-6H2,1H3/t7-/m1/s1. The SMILES string of the molecule is C[C@]1(CC[O])CCCN1. The number of nitrogens with one attached hydrogen (secondary N) is 1. The van der Waals surface area contributed by atoms with E-state index in [9.17, 15) is 5.11 Å². The van der Waals surface area contributed by atoms with Crippen molar-refractivity contribution in [1.29, 1.82) is 0 Å². The van der Waals surface area contributed by atoms with Gasteiger partial charge in [0.1, 0.15) is 0 Å². The molecule has 1 N–H and O–H groups in total. The first-order chi connectivity index (χ1) is 4.27. The van der Waals surface area contributed by atoms with Crippen molar-refractivity contribution in [3.05, 3.63) is 0 Å². The van der Waals surface area contributed by atoms with Crippen molar-refractivity contribution >= 4 is 0 Å². The highest BCUT2D eigenvalue weighted by molar-refractivity contribution is 4.87. The number of rotatable bonds is 2. The Morgan fingerprint density at radius 2 is 2.44 bits per heavy atom. The molecule has 1 radical (unpaired) electrons. The number of hydrogen-bond acceptors (Lipinski definition) is 1. The van der Waals surface area contributed by atoms with E-state index in [-0.39, 0.29) is 12.1 Å². The van der Waals surface area contributed by atoms with Gasteiger partial charge in [0, 0.05) is 5.54 Å². The van der Waals surface area contributed by atoms with E-state index in [0.717, 1.165) is 13.0 Å². The quantitative estimate of drug-likeness (QED) is 0.590. The van der Waals surface area contributed by atoms with Gasteiger partial charge in [0.15, 0.2) is 0 Å². The molecule has 0 aromatic heterocycles. The van der Waals surface area contributed by atoms with Gasteiger partial charge in [-0.2, -0.15) is 0 Å². The van der Waals surface area contributed by atoms with E-state index in [1.807, 2.05) is 0 Å². The molecule has 1 saturated heterocycles. The Bertz CT molecular complexity index is 86.9.